The Hall–Kier alpha value is -1.93. The number of likely N-dealkylation sites (tertiary alicyclic amines) is 1. The van der Waals surface area contributed by atoms with E-state index in [4.69, 9.17) is 0 Å². The Labute approximate surface area is 132 Å². The molecule has 2 nitrogen and oxygen atoms in total. The molecule has 0 aliphatic carbocycles. The Morgan fingerprint density at radius 1 is 0.955 bits per heavy atom. The summed E-state index contributed by atoms with van der Waals surface area (Å²) in [7, 11) is 0. The van der Waals surface area contributed by atoms with E-state index in [1.807, 2.05) is 42.5 Å². The zero-order chi connectivity index (χ0) is 15.4. The lowest BCUT2D eigenvalue weighted by molar-refractivity contribution is 0.0900. The van der Waals surface area contributed by atoms with Crippen LogP contribution < -0.4 is 0 Å². The lowest BCUT2D eigenvalue weighted by Crippen LogP contribution is -2.36. The van der Waals surface area contributed by atoms with Crippen LogP contribution in [0.15, 0.2) is 54.6 Å². The summed E-state index contributed by atoms with van der Waals surface area (Å²) >= 11 is 0. The van der Waals surface area contributed by atoms with Gasteiger partial charge in [0.25, 0.3) is 0 Å². The third kappa shape index (κ3) is 3.63. The second kappa shape index (κ2) is 6.89. The van der Waals surface area contributed by atoms with Crippen LogP contribution in [0.25, 0.3) is 11.1 Å². The Bertz CT molecular complexity index is 610. The van der Waals surface area contributed by atoms with Gasteiger partial charge in [-0.15, -0.1) is 0 Å². The van der Waals surface area contributed by atoms with Gasteiger partial charge in [-0.3, -0.25) is 9.69 Å². The van der Waals surface area contributed by atoms with E-state index < -0.39 is 0 Å². The molecule has 0 N–H and O–H groups in total. The molecule has 2 aromatic carbocycles. The van der Waals surface area contributed by atoms with E-state index in [0.29, 0.717) is 6.54 Å². The highest BCUT2D eigenvalue weighted by molar-refractivity contribution is 5.98. The predicted molar refractivity (Wildman–Crippen MR) is 91.0 cm³/mol. The van der Waals surface area contributed by atoms with E-state index in [1.54, 1.807) is 0 Å². The first-order valence-electron chi connectivity index (χ1n) is 8.13. The van der Waals surface area contributed by atoms with Gasteiger partial charge in [0.05, 0.1) is 6.54 Å². The maximum absolute atomic E-state index is 12.4. The van der Waals surface area contributed by atoms with Gasteiger partial charge in [0.2, 0.25) is 0 Å². The first kappa shape index (κ1) is 15.0. The zero-order valence-corrected chi connectivity index (χ0v) is 13.2. The first-order chi connectivity index (χ1) is 10.7. The van der Waals surface area contributed by atoms with Crippen molar-refractivity contribution in [3.63, 3.8) is 0 Å². The molecule has 2 heteroatoms. The van der Waals surface area contributed by atoms with Gasteiger partial charge in [-0.05, 0) is 43.0 Å². The summed E-state index contributed by atoms with van der Waals surface area (Å²) in [6, 6.07) is 18.3. The third-order valence-corrected chi connectivity index (χ3v) is 4.56. The average molecular weight is 293 g/mol. The summed E-state index contributed by atoms with van der Waals surface area (Å²) in [6.07, 6.45) is 2.42. The lowest BCUT2D eigenvalue weighted by atomic mass is 9.98. The Balaban J connectivity index is 1.64. The Morgan fingerprint density at radius 2 is 1.55 bits per heavy atom. The SMILES string of the molecule is CC1CCN(CC(=O)c2ccc(-c3ccccc3)cc2)CC1. The molecule has 1 heterocycles. The molecule has 22 heavy (non-hydrogen) atoms. The van der Waals surface area contributed by atoms with Gasteiger partial charge in [-0.25, -0.2) is 0 Å². The molecule has 3 rings (SSSR count). The predicted octanol–water partition coefficient (Wildman–Crippen LogP) is 4.27. The van der Waals surface area contributed by atoms with Crippen molar-refractivity contribution in [3.05, 3.63) is 60.2 Å². The Morgan fingerprint density at radius 3 is 2.18 bits per heavy atom. The normalized spacial score (nSPS) is 16.6. The van der Waals surface area contributed by atoms with Crippen LogP contribution in [0.5, 0.6) is 0 Å². The maximum Gasteiger partial charge on any atom is 0.176 e. The van der Waals surface area contributed by atoms with Crippen molar-refractivity contribution >= 4 is 5.78 Å². The molecule has 1 saturated heterocycles. The van der Waals surface area contributed by atoms with Crippen LogP contribution >= 0.6 is 0 Å². The monoisotopic (exact) mass is 293 g/mol. The van der Waals surface area contributed by atoms with Crippen LogP contribution in [-0.4, -0.2) is 30.3 Å². The minimum atomic E-state index is 0.231. The zero-order valence-electron chi connectivity index (χ0n) is 13.2. The summed E-state index contributed by atoms with van der Waals surface area (Å²) in [6.45, 7) is 4.95. The minimum Gasteiger partial charge on any atom is -0.296 e. The standard InChI is InChI=1S/C20H23NO/c1-16-11-13-21(14-12-16)15-20(22)19-9-7-18(8-10-19)17-5-3-2-4-6-17/h2-10,16H,11-15H2,1H3. The number of hydrogen-bond donors (Lipinski definition) is 0. The highest BCUT2D eigenvalue weighted by Gasteiger charge is 2.18. The van der Waals surface area contributed by atoms with Gasteiger partial charge >= 0.3 is 0 Å². The molecule has 0 amide bonds. The molecule has 0 atom stereocenters. The van der Waals surface area contributed by atoms with Crippen molar-refractivity contribution in [1.82, 2.24) is 4.90 Å². The molecule has 0 aromatic heterocycles. The molecule has 1 fully saturated rings. The van der Waals surface area contributed by atoms with E-state index in [2.05, 4.69) is 24.0 Å². The summed E-state index contributed by atoms with van der Waals surface area (Å²) in [5.41, 5.74) is 3.16. The number of carbonyl (C=O) groups excluding carboxylic acids is 1. The van der Waals surface area contributed by atoms with E-state index >= 15 is 0 Å². The fraction of sp³-hybridized carbons (Fsp3) is 0.350. The number of nitrogens with zero attached hydrogens (tertiary/aromatic N) is 1. The summed E-state index contributed by atoms with van der Waals surface area (Å²) < 4.78 is 0. The van der Waals surface area contributed by atoms with Gasteiger partial charge < -0.3 is 0 Å². The van der Waals surface area contributed by atoms with Crippen molar-refractivity contribution in [2.24, 2.45) is 5.92 Å². The fourth-order valence-corrected chi connectivity index (χ4v) is 2.99. The minimum absolute atomic E-state index is 0.231. The van der Waals surface area contributed by atoms with Crippen LogP contribution in [-0.2, 0) is 0 Å². The number of hydrogen-bond acceptors (Lipinski definition) is 2. The van der Waals surface area contributed by atoms with Crippen LogP contribution in [0.3, 0.4) is 0 Å². The molecule has 114 valence electrons. The molecule has 0 saturated carbocycles. The molecule has 0 unspecified atom stereocenters. The molecular weight excluding hydrogens is 270 g/mol. The van der Waals surface area contributed by atoms with Crippen molar-refractivity contribution in [2.45, 2.75) is 19.8 Å². The number of carbonyl (C=O) groups is 1. The number of piperidine rings is 1. The van der Waals surface area contributed by atoms with Gasteiger partial charge in [0.15, 0.2) is 5.78 Å². The van der Waals surface area contributed by atoms with Crippen LogP contribution in [0.2, 0.25) is 0 Å². The van der Waals surface area contributed by atoms with Crippen molar-refractivity contribution < 1.29 is 4.79 Å². The van der Waals surface area contributed by atoms with E-state index in [1.165, 1.54) is 18.4 Å². The van der Waals surface area contributed by atoms with Crippen molar-refractivity contribution in [1.29, 1.82) is 0 Å². The quantitative estimate of drug-likeness (QED) is 0.785. The number of Topliss-reactive ketones (excluding diaryl/α,β-unsaturated/α-hetero) is 1. The Kier molecular flexibility index (Phi) is 4.69. The molecule has 0 bridgehead atoms. The lowest BCUT2D eigenvalue weighted by Gasteiger charge is -2.29. The number of rotatable bonds is 4. The van der Waals surface area contributed by atoms with Crippen LogP contribution in [0, 0.1) is 5.92 Å². The molecule has 2 aromatic rings. The molecule has 1 aliphatic rings. The number of benzene rings is 2. The summed E-state index contributed by atoms with van der Waals surface area (Å²) in [5, 5.41) is 0. The second-order valence-electron chi connectivity index (χ2n) is 6.33. The topological polar surface area (TPSA) is 20.3 Å². The van der Waals surface area contributed by atoms with E-state index in [9.17, 15) is 4.79 Å². The van der Waals surface area contributed by atoms with Crippen LogP contribution in [0.1, 0.15) is 30.1 Å². The second-order valence-corrected chi connectivity index (χ2v) is 6.33. The summed E-state index contributed by atoms with van der Waals surface area (Å²) in [4.78, 5) is 14.7. The van der Waals surface area contributed by atoms with Gasteiger partial charge in [-0.2, -0.15) is 0 Å². The molecule has 0 spiro atoms. The number of ketones is 1. The third-order valence-electron chi connectivity index (χ3n) is 4.56. The average Bonchev–Trinajstić information content (AvgIpc) is 2.58. The van der Waals surface area contributed by atoms with E-state index in [-0.39, 0.29) is 5.78 Å². The first-order valence-corrected chi connectivity index (χ1v) is 8.13. The van der Waals surface area contributed by atoms with Crippen LogP contribution in [0.4, 0.5) is 0 Å². The molecular formula is C20H23NO. The summed E-state index contributed by atoms with van der Waals surface area (Å²) in [5.74, 6) is 1.03. The molecule has 1 aliphatic heterocycles. The largest absolute Gasteiger partial charge is 0.296 e. The fourth-order valence-electron chi connectivity index (χ4n) is 2.99. The van der Waals surface area contributed by atoms with Gasteiger partial charge in [0, 0.05) is 5.56 Å². The van der Waals surface area contributed by atoms with E-state index in [0.717, 1.165) is 30.1 Å². The highest BCUT2D eigenvalue weighted by atomic mass is 16.1. The van der Waals surface area contributed by atoms with Gasteiger partial charge in [0.1, 0.15) is 0 Å². The van der Waals surface area contributed by atoms with Gasteiger partial charge in [-0.1, -0.05) is 61.5 Å². The van der Waals surface area contributed by atoms with Crippen molar-refractivity contribution in [2.75, 3.05) is 19.6 Å². The highest BCUT2D eigenvalue weighted by Crippen LogP contribution is 2.20. The van der Waals surface area contributed by atoms with Crippen molar-refractivity contribution in [3.8, 4) is 11.1 Å². The molecule has 0 radical (unpaired) electrons. The maximum atomic E-state index is 12.4. The smallest absolute Gasteiger partial charge is 0.176 e.